The van der Waals surface area contributed by atoms with Crippen LogP contribution in [-0.2, 0) is 5.92 Å². The summed E-state index contributed by atoms with van der Waals surface area (Å²) < 4.78 is 74.8. The molecule has 0 spiro atoms. The topological polar surface area (TPSA) is 81.1 Å². The monoisotopic (exact) mass is 460 g/mol. The number of rotatable bonds is 4. The van der Waals surface area contributed by atoms with E-state index in [1.54, 1.807) is 43.4 Å². The van der Waals surface area contributed by atoms with E-state index in [-0.39, 0.29) is 28.4 Å². The van der Waals surface area contributed by atoms with Crippen molar-refractivity contribution in [1.82, 2.24) is 24.6 Å². The Morgan fingerprint density at radius 1 is 0.970 bits per heavy atom. The molecule has 33 heavy (non-hydrogen) atoms. The molecule has 0 unspecified atom stereocenters. The van der Waals surface area contributed by atoms with Crippen molar-refractivity contribution >= 4 is 22.4 Å². The quantitative estimate of drug-likeness (QED) is 0.367. The van der Waals surface area contributed by atoms with E-state index in [4.69, 9.17) is 4.42 Å². The number of nitrogens with one attached hydrogen (secondary N) is 1. The van der Waals surface area contributed by atoms with Gasteiger partial charge in [0.25, 0.3) is 5.89 Å². The molecule has 0 aliphatic heterocycles. The Kier molecular flexibility index (Phi) is 4.55. The summed E-state index contributed by atoms with van der Waals surface area (Å²) in [5.41, 5.74) is 0.283. The maximum Gasteiger partial charge on any atom is 0.459 e. The first-order valence-electron chi connectivity index (χ1n) is 9.51. The van der Waals surface area contributed by atoms with Gasteiger partial charge in [-0.1, -0.05) is 12.1 Å². The molecular formula is C21H13F5N6O. The molecule has 0 bridgehead atoms. The van der Waals surface area contributed by atoms with E-state index < -0.39 is 17.8 Å². The SMILES string of the molecule is CNc1ccc(-c2cc(C(F)(F)C(F)(F)F)nc3c2ccc2nc(-c4nnco4)cn23)cc1. The van der Waals surface area contributed by atoms with Gasteiger partial charge in [-0.25, -0.2) is 9.97 Å². The second kappa shape index (κ2) is 7.22. The van der Waals surface area contributed by atoms with Crippen LogP contribution < -0.4 is 5.32 Å². The maximum absolute atomic E-state index is 14.4. The number of nitrogens with zero attached hydrogens (tertiary/aromatic N) is 5. The van der Waals surface area contributed by atoms with E-state index in [0.717, 1.165) is 18.1 Å². The van der Waals surface area contributed by atoms with Crippen LogP contribution in [0.4, 0.5) is 27.6 Å². The molecule has 5 aromatic rings. The number of benzene rings is 1. The highest BCUT2D eigenvalue weighted by atomic mass is 19.4. The number of imidazole rings is 1. The Labute approximate surface area is 181 Å². The van der Waals surface area contributed by atoms with Gasteiger partial charge < -0.3 is 9.73 Å². The van der Waals surface area contributed by atoms with Crippen molar-refractivity contribution in [3.05, 3.63) is 60.7 Å². The van der Waals surface area contributed by atoms with E-state index in [1.807, 2.05) is 0 Å². The van der Waals surface area contributed by atoms with Gasteiger partial charge in [-0.05, 0) is 41.5 Å². The molecule has 0 saturated heterocycles. The highest BCUT2D eigenvalue weighted by Gasteiger charge is 2.60. The van der Waals surface area contributed by atoms with Crippen LogP contribution in [0.5, 0.6) is 0 Å². The fourth-order valence-corrected chi connectivity index (χ4v) is 3.48. The van der Waals surface area contributed by atoms with Crippen molar-refractivity contribution in [1.29, 1.82) is 0 Å². The molecule has 168 valence electrons. The van der Waals surface area contributed by atoms with Crippen molar-refractivity contribution in [2.75, 3.05) is 12.4 Å². The third-order valence-corrected chi connectivity index (χ3v) is 5.14. The van der Waals surface area contributed by atoms with Crippen LogP contribution in [0.2, 0.25) is 0 Å². The Bertz CT molecular complexity index is 1460. The van der Waals surface area contributed by atoms with Crippen LogP contribution in [0.25, 0.3) is 39.4 Å². The van der Waals surface area contributed by atoms with Gasteiger partial charge in [-0.15, -0.1) is 10.2 Å². The molecule has 0 fully saturated rings. The molecule has 12 heteroatoms. The highest BCUT2D eigenvalue weighted by Crippen LogP contribution is 2.45. The second-order valence-electron chi connectivity index (χ2n) is 7.12. The average molecular weight is 460 g/mol. The van der Waals surface area contributed by atoms with Crippen molar-refractivity contribution in [2.24, 2.45) is 0 Å². The lowest BCUT2D eigenvalue weighted by atomic mass is 9.99. The van der Waals surface area contributed by atoms with Gasteiger partial charge in [0, 0.05) is 24.3 Å². The predicted octanol–water partition coefficient (Wildman–Crippen LogP) is 5.30. The number of hydrogen-bond donors (Lipinski definition) is 1. The molecule has 0 saturated carbocycles. The minimum absolute atomic E-state index is 0.0616. The largest absolute Gasteiger partial charge is 0.459 e. The minimum Gasteiger partial charge on any atom is -0.422 e. The zero-order valence-electron chi connectivity index (χ0n) is 16.7. The Balaban J connectivity index is 1.83. The summed E-state index contributed by atoms with van der Waals surface area (Å²) in [7, 11) is 1.70. The number of hydrogen-bond acceptors (Lipinski definition) is 6. The molecule has 0 aliphatic carbocycles. The van der Waals surface area contributed by atoms with Gasteiger partial charge in [0.05, 0.1) is 0 Å². The number of anilines is 1. The lowest BCUT2D eigenvalue weighted by molar-refractivity contribution is -0.290. The number of halogens is 5. The number of pyridine rings is 2. The minimum atomic E-state index is -5.82. The van der Waals surface area contributed by atoms with Gasteiger partial charge in [-0.3, -0.25) is 4.40 Å². The summed E-state index contributed by atoms with van der Waals surface area (Å²) in [5, 5.41) is 10.6. The summed E-state index contributed by atoms with van der Waals surface area (Å²) in [6, 6.07) is 10.6. The number of fused-ring (bicyclic) bond motifs is 3. The summed E-state index contributed by atoms with van der Waals surface area (Å²) in [5.74, 6) is -5.11. The van der Waals surface area contributed by atoms with Crippen molar-refractivity contribution < 1.29 is 26.4 Å². The van der Waals surface area contributed by atoms with Gasteiger partial charge >= 0.3 is 12.1 Å². The molecule has 1 N–H and O–H groups in total. The maximum atomic E-state index is 14.4. The fraction of sp³-hybridized carbons (Fsp3) is 0.143. The molecular weight excluding hydrogens is 447 g/mol. The first-order chi connectivity index (χ1) is 15.7. The molecule has 4 heterocycles. The molecule has 0 atom stereocenters. The van der Waals surface area contributed by atoms with Crippen molar-refractivity contribution in [2.45, 2.75) is 12.1 Å². The van der Waals surface area contributed by atoms with Gasteiger partial charge in [0.1, 0.15) is 22.7 Å². The van der Waals surface area contributed by atoms with Crippen molar-refractivity contribution in [3.63, 3.8) is 0 Å². The third kappa shape index (κ3) is 3.34. The Hall–Kier alpha value is -4.09. The molecule has 4 aromatic heterocycles. The van der Waals surface area contributed by atoms with Crippen LogP contribution in [0.3, 0.4) is 0 Å². The van der Waals surface area contributed by atoms with E-state index in [0.29, 0.717) is 10.9 Å². The summed E-state index contributed by atoms with van der Waals surface area (Å²) in [6.07, 6.45) is -3.34. The van der Waals surface area contributed by atoms with Gasteiger partial charge in [-0.2, -0.15) is 22.0 Å². The standard InChI is InChI=1S/C21H13F5N6O/c1-27-12-4-2-11(3-5-12)14-8-16(20(22,23)21(24,25)26)30-18-13(14)6-7-17-29-15(9-32(17)18)19-31-28-10-33-19/h2-10,27H,1H3. The zero-order valence-corrected chi connectivity index (χ0v) is 16.7. The molecule has 0 amide bonds. The van der Waals surface area contributed by atoms with Crippen LogP contribution in [0.15, 0.2) is 59.5 Å². The summed E-state index contributed by atoms with van der Waals surface area (Å²) in [4.78, 5) is 8.01. The summed E-state index contributed by atoms with van der Waals surface area (Å²) >= 11 is 0. The normalized spacial score (nSPS) is 12.5. The van der Waals surface area contributed by atoms with Crippen LogP contribution in [-0.4, -0.2) is 37.8 Å². The lowest BCUT2D eigenvalue weighted by Gasteiger charge is -2.20. The number of alkyl halides is 5. The first-order valence-corrected chi connectivity index (χ1v) is 9.51. The first kappa shape index (κ1) is 20.8. The molecule has 0 aliphatic rings. The highest BCUT2D eigenvalue weighted by molar-refractivity contribution is 5.95. The molecule has 1 aromatic carbocycles. The second-order valence-corrected chi connectivity index (χ2v) is 7.12. The fourth-order valence-electron chi connectivity index (χ4n) is 3.48. The lowest BCUT2D eigenvalue weighted by Crippen LogP contribution is -2.34. The van der Waals surface area contributed by atoms with E-state index in [2.05, 4.69) is 25.5 Å². The Morgan fingerprint density at radius 3 is 2.36 bits per heavy atom. The average Bonchev–Trinajstić information content (AvgIpc) is 3.47. The van der Waals surface area contributed by atoms with Gasteiger partial charge in [0.2, 0.25) is 6.39 Å². The summed E-state index contributed by atoms with van der Waals surface area (Å²) in [6.45, 7) is 0. The van der Waals surface area contributed by atoms with Crippen LogP contribution in [0.1, 0.15) is 5.69 Å². The predicted molar refractivity (Wildman–Crippen MR) is 109 cm³/mol. The molecule has 7 nitrogen and oxygen atoms in total. The third-order valence-electron chi connectivity index (χ3n) is 5.14. The molecule has 0 radical (unpaired) electrons. The van der Waals surface area contributed by atoms with Crippen LogP contribution in [0, 0.1) is 0 Å². The van der Waals surface area contributed by atoms with Crippen LogP contribution >= 0.6 is 0 Å². The zero-order chi connectivity index (χ0) is 23.4. The van der Waals surface area contributed by atoms with E-state index in [1.165, 1.54) is 10.6 Å². The Morgan fingerprint density at radius 2 is 1.73 bits per heavy atom. The van der Waals surface area contributed by atoms with E-state index >= 15 is 0 Å². The molecule has 5 rings (SSSR count). The van der Waals surface area contributed by atoms with Crippen molar-refractivity contribution in [3.8, 4) is 22.7 Å². The van der Waals surface area contributed by atoms with E-state index in [9.17, 15) is 22.0 Å². The number of aromatic nitrogens is 5. The smallest absolute Gasteiger partial charge is 0.422 e. The van der Waals surface area contributed by atoms with Gasteiger partial charge in [0.15, 0.2) is 0 Å².